The Bertz CT molecular complexity index is 474. The zero-order valence-electron chi connectivity index (χ0n) is 10.8. The smallest absolute Gasteiger partial charge is 0.146 e. The molecule has 0 amide bonds. The van der Waals surface area contributed by atoms with Crippen molar-refractivity contribution < 1.29 is 4.39 Å². The molecule has 0 bridgehead atoms. The van der Waals surface area contributed by atoms with Crippen LogP contribution in [-0.4, -0.2) is 0 Å². The molecule has 0 fully saturated rings. The first kappa shape index (κ1) is 12.9. The highest BCUT2D eigenvalue weighted by Crippen LogP contribution is 2.29. The zero-order valence-corrected chi connectivity index (χ0v) is 10.8. The van der Waals surface area contributed by atoms with Crippen LogP contribution in [0.1, 0.15) is 44.1 Å². The first-order valence-electron chi connectivity index (χ1n) is 6.63. The minimum atomic E-state index is -0.318. The molecule has 0 saturated heterocycles. The zero-order chi connectivity index (χ0) is 13.0. The number of halogens is 1. The third-order valence-corrected chi connectivity index (χ3v) is 3.45. The number of rotatable bonds is 4. The average molecular weight is 245 g/mol. The summed E-state index contributed by atoms with van der Waals surface area (Å²) in [5.74, 6) is -0.0351. The summed E-state index contributed by atoms with van der Waals surface area (Å²) in [5, 5.41) is 0. The molecular weight excluding hydrogens is 225 g/mol. The summed E-state index contributed by atoms with van der Waals surface area (Å²) >= 11 is 0. The average Bonchev–Trinajstić information content (AvgIpc) is 2.40. The van der Waals surface area contributed by atoms with Gasteiger partial charge < -0.3 is 5.73 Å². The summed E-state index contributed by atoms with van der Waals surface area (Å²) in [6.07, 6.45) is 11.2. The molecule has 1 atom stereocenters. The molecule has 0 heterocycles. The van der Waals surface area contributed by atoms with Crippen LogP contribution in [0.4, 0.5) is 10.1 Å². The van der Waals surface area contributed by atoms with Crippen LogP contribution in [0.5, 0.6) is 0 Å². The number of benzene rings is 1. The van der Waals surface area contributed by atoms with Crippen molar-refractivity contribution in [3.63, 3.8) is 0 Å². The Morgan fingerprint density at radius 3 is 2.83 bits per heavy atom. The van der Waals surface area contributed by atoms with Crippen LogP contribution in [0.2, 0.25) is 0 Å². The van der Waals surface area contributed by atoms with Crippen molar-refractivity contribution in [2.45, 2.75) is 38.5 Å². The van der Waals surface area contributed by atoms with Gasteiger partial charge in [0, 0.05) is 5.92 Å². The van der Waals surface area contributed by atoms with Gasteiger partial charge in [-0.15, -0.1) is 0 Å². The van der Waals surface area contributed by atoms with Gasteiger partial charge in [0.25, 0.3) is 0 Å². The molecule has 2 rings (SSSR count). The second kappa shape index (κ2) is 5.85. The molecule has 1 aromatic rings. The fourth-order valence-electron chi connectivity index (χ4n) is 2.25. The lowest BCUT2D eigenvalue weighted by atomic mass is 9.89. The van der Waals surface area contributed by atoms with Gasteiger partial charge in [-0.2, -0.15) is 0 Å². The number of hydrogen-bond acceptors (Lipinski definition) is 1. The normalized spacial score (nSPS) is 18.8. The Hall–Kier alpha value is -1.57. The van der Waals surface area contributed by atoms with Crippen molar-refractivity contribution in [3.05, 3.63) is 53.4 Å². The van der Waals surface area contributed by atoms with Crippen molar-refractivity contribution in [1.29, 1.82) is 0 Å². The van der Waals surface area contributed by atoms with E-state index >= 15 is 0 Å². The predicted octanol–water partition coefficient (Wildman–Crippen LogP) is 4.57. The Kier molecular flexibility index (Phi) is 4.19. The van der Waals surface area contributed by atoms with Crippen LogP contribution in [0.3, 0.4) is 0 Å². The SMILES string of the molecule is CCCCC1=CCC(c2ccc(N)c(F)c2)C=C1. The van der Waals surface area contributed by atoms with E-state index in [4.69, 9.17) is 5.73 Å². The first-order valence-corrected chi connectivity index (χ1v) is 6.63. The van der Waals surface area contributed by atoms with Crippen LogP contribution in [0, 0.1) is 5.82 Å². The van der Waals surface area contributed by atoms with E-state index in [0.29, 0.717) is 0 Å². The Labute approximate surface area is 108 Å². The fraction of sp³-hybridized carbons (Fsp3) is 0.375. The lowest BCUT2D eigenvalue weighted by Gasteiger charge is -2.17. The second-order valence-electron chi connectivity index (χ2n) is 4.86. The third kappa shape index (κ3) is 3.00. The maximum absolute atomic E-state index is 13.4. The Morgan fingerprint density at radius 1 is 1.39 bits per heavy atom. The van der Waals surface area contributed by atoms with Crippen molar-refractivity contribution in [1.82, 2.24) is 0 Å². The quantitative estimate of drug-likeness (QED) is 0.773. The number of unbranched alkanes of at least 4 members (excludes halogenated alkanes) is 1. The van der Waals surface area contributed by atoms with Crippen LogP contribution >= 0.6 is 0 Å². The molecule has 1 nitrogen and oxygen atoms in total. The molecule has 2 heteroatoms. The van der Waals surface area contributed by atoms with Gasteiger partial charge in [0.1, 0.15) is 5.82 Å². The van der Waals surface area contributed by atoms with E-state index in [9.17, 15) is 4.39 Å². The van der Waals surface area contributed by atoms with E-state index in [1.54, 1.807) is 12.1 Å². The van der Waals surface area contributed by atoms with Crippen LogP contribution in [-0.2, 0) is 0 Å². The van der Waals surface area contributed by atoms with E-state index in [1.165, 1.54) is 18.4 Å². The largest absolute Gasteiger partial charge is 0.396 e. The van der Waals surface area contributed by atoms with Crippen molar-refractivity contribution >= 4 is 5.69 Å². The van der Waals surface area contributed by atoms with E-state index < -0.39 is 0 Å². The van der Waals surface area contributed by atoms with Gasteiger partial charge in [-0.05, 0) is 37.0 Å². The van der Waals surface area contributed by atoms with Gasteiger partial charge in [-0.3, -0.25) is 0 Å². The number of hydrogen-bond donors (Lipinski definition) is 1. The molecule has 0 spiro atoms. The molecule has 1 aliphatic rings. The number of anilines is 1. The van der Waals surface area contributed by atoms with E-state index in [2.05, 4.69) is 25.2 Å². The second-order valence-corrected chi connectivity index (χ2v) is 4.86. The molecule has 2 N–H and O–H groups in total. The van der Waals surface area contributed by atoms with Crippen molar-refractivity contribution in [2.75, 3.05) is 5.73 Å². The van der Waals surface area contributed by atoms with Gasteiger partial charge in [0.15, 0.2) is 0 Å². The molecule has 0 aliphatic heterocycles. The summed E-state index contributed by atoms with van der Waals surface area (Å²) in [6, 6.07) is 5.11. The number of nitrogen functional groups attached to an aromatic ring is 1. The van der Waals surface area contributed by atoms with E-state index in [-0.39, 0.29) is 17.4 Å². The maximum Gasteiger partial charge on any atom is 0.146 e. The van der Waals surface area contributed by atoms with Gasteiger partial charge >= 0.3 is 0 Å². The van der Waals surface area contributed by atoms with Crippen LogP contribution < -0.4 is 5.73 Å². The minimum Gasteiger partial charge on any atom is -0.396 e. The summed E-state index contributed by atoms with van der Waals surface area (Å²) in [5.41, 5.74) is 8.12. The first-order chi connectivity index (χ1) is 8.70. The van der Waals surface area contributed by atoms with Gasteiger partial charge in [-0.1, -0.05) is 43.2 Å². The molecular formula is C16H20FN. The maximum atomic E-state index is 13.4. The molecule has 96 valence electrons. The van der Waals surface area contributed by atoms with Crippen LogP contribution in [0.25, 0.3) is 0 Å². The molecule has 0 aromatic heterocycles. The minimum absolute atomic E-state index is 0.220. The highest BCUT2D eigenvalue weighted by atomic mass is 19.1. The topological polar surface area (TPSA) is 26.0 Å². The highest BCUT2D eigenvalue weighted by molar-refractivity contribution is 5.44. The summed E-state index contributed by atoms with van der Waals surface area (Å²) in [7, 11) is 0. The number of allylic oxidation sites excluding steroid dienone is 4. The number of nitrogens with two attached hydrogens (primary N) is 1. The lowest BCUT2D eigenvalue weighted by molar-refractivity contribution is 0.628. The van der Waals surface area contributed by atoms with Gasteiger partial charge in [0.2, 0.25) is 0 Å². The van der Waals surface area contributed by atoms with E-state index in [0.717, 1.165) is 18.4 Å². The molecule has 0 saturated carbocycles. The highest BCUT2D eigenvalue weighted by Gasteiger charge is 2.12. The molecule has 1 unspecified atom stereocenters. The monoisotopic (exact) mass is 245 g/mol. The lowest BCUT2D eigenvalue weighted by Crippen LogP contribution is -2.01. The molecule has 18 heavy (non-hydrogen) atoms. The standard InChI is InChI=1S/C16H20FN/c1-2-3-4-12-5-7-13(8-6-12)14-9-10-16(18)15(17)11-14/h5-7,9-11,13H,2-4,8,18H2,1H3. The Morgan fingerprint density at radius 2 is 2.22 bits per heavy atom. The van der Waals surface area contributed by atoms with Gasteiger partial charge in [0.05, 0.1) is 5.69 Å². The van der Waals surface area contributed by atoms with Crippen molar-refractivity contribution in [2.24, 2.45) is 0 Å². The fourth-order valence-corrected chi connectivity index (χ4v) is 2.25. The summed E-state index contributed by atoms with van der Waals surface area (Å²) in [4.78, 5) is 0. The summed E-state index contributed by atoms with van der Waals surface area (Å²) < 4.78 is 13.4. The van der Waals surface area contributed by atoms with Gasteiger partial charge in [-0.25, -0.2) is 4.39 Å². The van der Waals surface area contributed by atoms with Crippen molar-refractivity contribution in [3.8, 4) is 0 Å². The summed E-state index contributed by atoms with van der Waals surface area (Å²) in [6.45, 7) is 2.20. The Balaban J connectivity index is 2.03. The predicted molar refractivity (Wildman–Crippen MR) is 74.9 cm³/mol. The molecule has 0 radical (unpaired) electrons. The van der Waals surface area contributed by atoms with E-state index in [1.807, 2.05) is 6.07 Å². The van der Waals surface area contributed by atoms with Crippen LogP contribution in [0.15, 0.2) is 42.0 Å². The molecule has 1 aliphatic carbocycles. The molecule has 1 aromatic carbocycles. The third-order valence-electron chi connectivity index (χ3n) is 3.45.